The SMILES string of the molecule is Cc1ccc(OCc2nc(SCC(=O)Nc3ccc(Cl)cc3Cl)n[nH]2)cc1. The number of amides is 1. The van der Waals surface area contributed by atoms with Crippen LogP contribution in [0.15, 0.2) is 47.6 Å². The van der Waals surface area contributed by atoms with Crippen LogP contribution in [0.1, 0.15) is 11.4 Å². The van der Waals surface area contributed by atoms with Gasteiger partial charge in [-0.25, -0.2) is 4.98 Å². The van der Waals surface area contributed by atoms with Gasteiger partial charge in [-0.3, -0.25) is 9.89 Å². The van der Waals surface area contributed by atoms with E-state index in [-0.39, 0.29) is 18.3 Å². The molecular formula is C18H16Cl2N4O2S. The van der Waals surface area contributed by atoms with E-state index in [9.17, 15) is 4.79 Å². The number of nitrogens with zero attached hydrogens (tertiary/aromatic N) is 2. The number of aromatic amines is 1. The topological polar surface area (TPSA) is 79.9 Å². The van der Waals surface area contributed by atoms with Crippen LogP contribution in [0, 0.1) is 6.92 Å². The Bertz CT molecular complexity index is 931. The number of hydrogen-bond acceptors (Lipinski definition) is 5. The molecule has 27 heavy (non-hydrogen) atoms. The second-order valence-electron chi connectivity index (χ2n) is 5.63. The Morgan fingerprint density at radius 3 is 2.74 bits per heavy atom. The lowest BCUT2D eigenvalue weighted by molar-refractivity contribution is -0.113. The van der Waals surface area contributed by atoms with Gasteiger partial charge in [-0.15, -0.1) is 5.10 Å². The van der Waals surface area contributed by atoms with Crippen molar-refractivity contribution in [2.75, 3.05) is 11.1 Å². The van der Waals surface area contributed by atoms with Gasteiger partial charge in [0.25, 0.3) is 0 Å². The molecule has 6 nitrogen and oxygen atoms in total. The summed E-state index contributed by atoms with van der Waals surface area (Å²) < 4.78 is 5.64. The highest BCUT2D eigenvalue weighted by molar-refractivity contribution is 7.99. The van der Waals surface area contributed by atoms with Crippen LogP contribution in [0.3, 0.4) is 0 Å². The summed E-state index contributed by atoms with van der Waals surface area (Å²) in [5, 5.41) is 11.0. The highest BCUT2D eigenvalue weighted by Gasteiger charge is 2.10. The smallest absolute Gasteiger partial charge is 0.234 e. The van der Waals surface area contributed by atoms with Gasteiger partial charge in [0.05, 0.1) is 16.5 Å². The molecule has 0 spiro atoms. The number of thioether (sulfide) groups is 1. The molecule has 2 N–H and O–H groups in total. The summed E-state index contributed by atoms with van der Waals surface area (Å²) in [4.78, 5) is 16.4. The molecule has 1 amide bonds. The van der Waals surface area contributed by atoms with Crippen LogP contribution in [0.25, 0.3) is 0 Å². The van der Waals surface area contributed by atoms with Crippen LogP contribution >= 0.6 is 35.0 Å². The minimum atomic E-state index is -0.216. The number of ether oxygens (including phenoxy) is 1. The van der Waals surface area contributed by atoms with E-state index in [0.717, 1.165) is 5.75 Å². The zero-order chi connectivity index (χ0) is 19.2. The standard InChI is InChI=1S/C18H16Cl2N4O2S/c1-11-2-5-13(6-3-11)26-9-16-22-18(24-23-16)27-10-17(25)21-15-7-4-12(19)8-14(15)20/h2-8H,9-10H2,1H3,(H,21,25)(H,22,23,24). The number of hydrogen-bond donors (Lipinski definition) is 2. The number of halogens is 2. The van der Waals surface area contributed by atoms with Crippen molar-refractivity contribution in [3.8, 4) is 5.75 Å². The summed E-state index contributed by atoms with van der Waals surface area (Å²) >= 11 is 13.1. The van der Waals surface area contributed by atoms with Crippen LogP contribution in [0.4, 0.5) is 5.69 Å². The monoisotopic (exact) mass is 422 g/mol. The second-order valence-corrected chi connectivity index (χ2v) is 7.41. The van der Waals surface area contributed by atoms with Crippen molar-refractivity contribution in [2.24, 2.45) is 0 Å². The number of carbonyl (C=O) groups excluding carboxylic acids is 1. The zero-order valence-corrected chi connectivity index (χ0v) is 16.7. The molecule has 0 saturated carbocycles. The fraction of sp³-hybridized carbons (Fsp3) is 0.167. The van der Waals surface area contributed by atoms with Gasteiger partial charge < -0.3 is 10.1 Å². The molecule has 0 aliphatic rings. The Morgan fingerprint density at radius 1 is 1.22 bits per heavy atom. The van der Waals surface area contributed by atoms with Gasteiger partial charge in [0.15, 0.2) is 5.82 Å². The number of H-pyrrole nitrogens is 1. The molecule has 0 aliphatic heterocycles. The minimum absolute atomic E-state index is 0.148. The lowest BCUT2D eigenvalue weighted by Crippen LogP contribution is -2.14. The molecule has 0 fully saturated rings. The number of rotatable bonds is 7. The lowest BCUT2D eigenvalue weighted by atomic mass is 10.2. The Balaban J connectivity index is 1.47. The number of nitrogens with one attached hydrogen (secondary N) is 2. The van der Waals surface area contributed by atoms with Gasteiger partial charge in [-0.1, -0.05) is 52.7 Å². The maximum Gasteiger partial charge on any atom is 0.234 e. The molecule has 0 unspecified atom stereocenters. The van der Waals surface area contributed by atoms with Crippen LogP contribution in [0.5, 0.6) is 5.75 Å². The van der Waals surface area contributed by atoms with E-state index in [1.807, 2.05) is 31.2 Å². The molecular weight excluding hydrogens is 407 g/mol. The summed E-state index contributed by atoms with van der Waals surface area (Å²) in [5.41, 5.74) is 1.67. The predicted molar refractivity (Wildman–Crippen MR) is 108 cm³/mol. The number of anilines is 1. The highest BCUT2D eigenvalue weighted by atomic mass is 35.5. The van der Waals surface area contributed by atoms with Crippen LogP contribution in [-0.2, 0) is 11.4 Å². The molecule has 0 saturated heterocycles. The van der Waals surface area contributed by atoms with Crippen molar-refractivity contribution in [3.63, 3.8) is 0 Å². The molecule has 1 aromatic heterocycles. The second kappa shape index (κ2) is 9.12. The maximum absolute atomic E-state index is 12.1. The quantitative estimate of drug-likeness (QED) is 0.537. The predicted octanol–water partition coefficient (Wildman–Crippen LogP) is 4.73. The third-order valence-electron chi connectivity index (χ3n) is 3.45. The van der Waals surface area contributed by atoms with Crippen molar-refractivity contribution in [1.29, 1.82) is 0 Å². The largest absolute Gasteiger partial charge is 0.486 e. The summed E-state index contributed by atoms with van der Waals surface area (Å²) in [7, 11) is 0. The maximum atomic E-state index is 12.1. The molecule has 0 atom stereocenters. The molecule has 3 rings (SSSR count). The van der Waals surface area contributed by atoms with E-state index < -0.39 is 0 Å². The van der Waals surface area contributed by atoms with Gasteiger partial charge in [-0.05, 0) is 37.3 Å². The fourth-order valence-electron chi connectivity index (χ4n) is 2.10. The third-order valence-corrected chi connectivity index (χ3v) is 4.84. The Labute approximate surface area is 170 Å². The van der Waals surface area contributed by atoms with Crippen LogP contribution in [0.2, 0.25) is 10.0 Å². The summed E-state index contributed by atoms with van der Waals surface area (Å²) in [5.74, 6) is 1.27. The highest BCUT2D eigenvalue weighted by Crippen LogP contribution is 2.25. The van der Waals surface area contributed by atoms with Crippen LogP contribution in [-0.4, -0.2) is 26.8 Å². The van der Waals surface area contributed by atoms with E-state index in [1.165, 1.54) is 17.3 Å². The first-order valence-corrected chi connectivity index (χ1v) is 9.72. The van der Waals surface area contributed by atoms with Gasteiger partial charge in [0, 0.05) is 5.02 Å². The van der Waals surface area contributed by atoms with Crippen molar-refractivity contribution in [2.45, 2.75) is 18.7 Å². The van der Waals surface area contributed by atoms with Crippen LogP contribution < -0.4 is 10.1 Å². The molecule has 140 valence electrons. The fourth-order valence-corrected chi connectivity index (χ4v) is 3.17. The summed E-state index contributed by atoms with van der Waals surface area (Å²) in [6.07, 6.45) is 0. The number of carbonyl (C=O) groups is 1. The van der Waals surface area contributed by atoms with Gasteiger partial charge >= 0.3 is 0 Å². The van der Waals surface area contributed by atoms with Crippen molar-refractivity contribution >= 4 is 46.6 Å². The van der Waals surface area contributed by atoms with E-state index in [4.69, 9.17) is 27.9 Å². The Hall–Kier alpha value is -2.22. The average Bonchev–Trinajstić information content (AvgIpc) is 3.10. The van der Waals surface area contributed by atoms with Gasteiger partial charge in [0.1, 0.15) is 12.4 Å². The van der Waals surface area contributed by atoms with Crippen molar-refractivity contribution in [3.05, 3.63) is 63.9 Å². The van der Waals surface area contributed by atoms with Gasteiger partial charge in [0.2, 0.25) is 11.1 Å². The third kappa shape index (κ3) is 5.89. The van der Waals surface area contributed by atoms with E-state index in [2.05, 4.69) is 20.5 Å². The first kappa shape index (κ1) is 19.5. The Morgan fingerprint density at radius 2 is 2.00 bits per heavy atom. The lowest BCUT2D eigenvalue weighted by Gasteiger charge is -2.06. The first-order valence-electron chi connectivity index (χ1n) is 7.98. The molecule has 1 heterocycles. The molecule has 9 heteroatoms. The molecule has 0 aliphatic carbocycles. The normalized spacial score (nSPS) is 10.6. The van der Waals surface area contributed by atoms with E-state index >= 15 is 0 Å². The van der Waals surface area contributed by atoms with Gasteiger partial charge in [-0.2, -0.15) is 0 Å². The minimum Gasteiger partial charge on any atom is -0.486 e. The summed E-state index contributed by atoms with van der Waals surface area (Å²) in [6.45, 7) is 2.28. The van der Waals surface area contributed by atoms with E-state index in [0.29, 0.717) is 26.7 Å². The Kier molecular flexibility index (Phi) is 6.60. The molecule has 0 radical (unpaired) electrons. The summed E-state index contributed by atoms with van der Waals surface area (Å²) in [6, 6.07) is 12.6. The number of benzene rings is 2. The molecule has 0 bridgehead atoms. The first-order chi connectivity index (χ1) is 13.0. The number of aromatic nitrogens is 3. The zero-order valence-electron chi connectivity index (χ0n) is 14.3. The molecule has 2 aromatic carbocycles. The number of aryl methyl sites for hydroxylation is 1. The van der Waals surface area contributed by atoms with Crippen molar-refractivity contribution in [1.82, 2.24) is 15.2 Å². The average molecular weight is 423 g/mol. The van der Waals surface area contributed by atoms with Crippen molar-refractivity contribution < 1.29 is 9.53 Å². The van der Waals surface area contributed by atoms with E-state index in [1.54, 1.807) is 18.2 Å². The molecule has 3 aromatic rings.